The van der Waals surface area contributed by atoms with E-state index < -0.39 is 5.91 Å². The second-order valence-electron chi connectivity index (χ2n) is 6.22. The van der Waals surface area contributed by atoms with E-state index in [0.717, 1.165) is 11.3 Å². The quantitative estimate of drug-likeness (QED) is 0.559. The molecule has 7 heteroatoms. The molecule has 0 radical (unpaired) electrons. The number of nitrogens with one attached hydrogen (secondary N) is 1. The first-order chi connectivity index (χ1) is 12.5. The third-order valence-electron chi connectivity index (χ3n) is 4.47. The molecule has 0 aromatic heterocycles. The van der Waals surface area contributed by atoms with Crippen LogP contribution in [0.3, 0.4) is 0 Å². The van der Waals surface area contributed by atoms with Crippen LogP contribution in [-0.4, -0.2) is 43.5 Å². The number of hydrogen-bond acceptors (Lipinski definition) is 5. The standard InChI is InChI=1S/C19H24N4O3/c1-26-17-4-2-14(3-5-17)6-9-22-19(25)16(12-20)13-23-10-7-15(8-11-23)18(21)24/h2-5,13,15H,6-11H2,1H3,(H2,21,24)(H,22,25)/b16-13-. The van der Waals surface area contributed by atoms with E-state index in [1.807, 2.05) is 35.2 Å². The Morgan fingerprint density at radius 3 is 2.54 bits per heavy atom. The molecule has 2 amide bonds. The number of nitriles is 1. The van der Waals surface area contributed by atoms with E-state index in [4.69, 9.17) is 10.5 Å². The number of hydrogen-bond donors (Lipinski definition) is 2. The van der Waals surface area contributed by atoms with Gasteiger partial charge < -0.3 is 20.7 Å². The molecular formula is C19H24N4O3. The number of amides is 2. The van der Waals surface area contributed by atoms with Gasteiger partial charge in [0.05, 0.1) is 7.11 Å². The van der Waals surface area contributed by atoms with Crippen LogP contribution in [0.4, 0.5) is 0 Å². The monoisotopic (exact) mass is 356 g/mol. The van der Waals surface area contributed by atoms with Crippen LogP contribution in [0, 0.1) is 17.2 Å². The number of carbonyl (C=O) groups excluding carboxylic acids is 2. The number of carbonyl (C=O) groups is 2. The number of rotatable bonds is 7. The fraction of sp³-hybridized carbons (Fsp3) is 0.421. The summed E-state index contributed by atoms with van der Waals surface area (Å²) in [6.07, 6.45) is 3.52. The van der Waals surface area contributed by atoms with Gasteiger partial charge in [-0.15, -0.1) is 0 Å². The third kappa shape index (κ3) is 5.52. The number of ether oxygens (including phenoxy) is 1. The van der Waals surface area contributed by atoms with E-state index >= 15 is 0 Å². The molecule has 1 aliphatic heterocycles. The van der Waals surface area contributed by atoms with Crippen LogP contribution >= 0.6 is 0 Å². The van der Waals surface area contributed by atoms with Gasteiger partial charge in [-0.3, -0.25) is 9.59 Å². The number of methoxy groups -OCH3 is 1. The predicted octanol–water partition coefficient (Wildman–Crippen LogP) is 0.959. The Kier molecular flexibility index (Phi) is 7.03. The molecule has 1 fully saturated rings. The molecule has 1 heterocycles. The van der Waals surface area contributed by atoms with Gasteiger partial charge in [-0.05, 0) is 37.0 Å². The molecule has 0 unspecified atom stereocenters. The molecule has 0 atom stereocenters. The van der Waals surface area contributed by atoms with E-state index in [-0.39, 0.29) is 17.4 Å². The van der Waals surface area contributed by atoms with Gasteiger partial charge in [-0.1, -0.05) is 12.1 Å². The number of nitrogens with two attached hydrogens (primary N) is 1. The Bertz CT molecular complexity index is 698. The van der Waals surface area contributed by atoms with Crippen molar-refractivity contribution in [3.05, 3.63) is 41.6 Å². The average Bonchev–Trinajstić information content (AvgIpc) is 2.66. The van der Waals surface area contributed by atoms with Crippen molar-refractivity contribution in [1.29, 1.82) is 5.26 Å². The Morgan fingerprint density at radius 1 is 1.35 bits per heavy atom. The predicted molar refractivity (Wildman–Crippen MR) is 96.9 cm³/mol. The molecule has 0 bridgehead atoms. The molecule has 138 valence electrons. The van der Waals surface area contributed by atoms with Crippen molar-refractivity contribution >= 4 is 11.8 Å². The first-order valence-corrected chi connectivity index (χ1v) is 8.60. The maximum Gasteiger partial charge on any atom is 0.263 e. The molecular weight excluding hydrogens is 332 g/mol. The number of primary amides is 1. The topological polar surface area (TPSA) is 108 Å². The molecule has 0 saturated carbocycles. The van der Waals surface area contributed by atoms with Crippen molar-refractivity contribution < 1.29 is 14.3 Å². The van der Waals surface area contributed by atoms with Gasteiger partial charge in [0.15, 0.2) is 0 Å². The number of nitrogens with zero attached hydrogens (tertiary/aromatic N) is 2. The lowest BCUT2D eigenvalue weighted by Crippen LogP contribution is -2.36. The Labute approximate surface area is 153 Å². The lowest BCUT2D eigenvalue weighted by Gasteiger charge is -2.29. The summed E-state index contributed by atoms with van der Waals surface area (Å²) in [7, 11) is 1.61. The van der Waals surface area contributed by atoms with Gasteiger partial charge in [-0.25, -0.2) is 0 Å². The minimum Gasteiger partial charge on any atom is -0.497 e. The summed E-state index contributed by atoms with van der Waals surface area (Å²) in [6, 6.07) is 9.56. The summed E-state index contributed by atoms with van der Waals surface area (Å²) < 4.78 is 5.11. The molecule has 26 heavy (non-hydrogen) atoms. The molecule has 0 aliphatic carbocycles. The number of piperidine rings is 1. The Morgan fingerprint density at radius 2 is 2.00 bits per heavy atom. The zero-order chi connectivity index (χ0) is 18.9. The van der Waals surface area contributed by atoms with Gasteiger partial charge in [0.1, 0.15) is 17.4 Å². The maximum atomic E-state index is 12.2. The molecule has 1 aromatic rings. The zero-order valence-corrected chi connectivity index (χ0v) is 14.9. The summed E-state index contributed by atoms with van der Waals surface area (Å²) in [5.41, 5.74) is 6.45. The highest BCUT2D eigenvalue weighted by Gasteiger charge is 2.22. The second-order valence-corrected chi connectivity index (χ2v) is 6.22. The molecule has 1 aliphatic rings. The zero-order valence-electron chi connectivity index (χ0n) is 14.9. The summed E-state index contributed by atoms with van der Waals surface area (Å²) in [5, 5.41) is 12.0. The maximum absolute atomic E-state index is 12.2. The smallest absolute Gasteiger partial charge is 0.263 e. The Balaban J connectivity index is 1.82. The summed E-state index contributed by atoms with van der Waals surface area (Å²) in [6.45, 7) is 1.66. The lowest BCUT2D eigenvalue weighted by atomic mass is 9.96. The summed E-state index contributed by atoms with van der Waals surface area (Å²) in [4.78, 5) is 25.3. The van der Waals surface area contributed by atoms with Crippen LogP contribution in [-0.2, 0) is 16.0 Å². The van der Waals surface area contributed by atoms with Gasteiger partial charge >= 0.3 is 0 Å². The molecule has 3 N–H and O–H groups in total. The van der Waals surface area contributed by atoms with Crippen molar-refractivity contribution in [2.75, 3.05) is 26.7 Å². The highest BCUT2D eigenvalue weighted by molar-refractivity contribution is 5.97. The number of likely N-dealkylation sites (tertiary alicyclic amines) is 1. The average molecular weight is 356 g/mol. The first-order valence-electron chi connectivity index (χ1n) is 8.60. The van der Waals surface area contributed by atoms with Crippen LogP contribution < -0.4 is 15.8 Å². The number of benzene rings is 1. The van der Waals surface area contributed by atoms with Crippen LogP contribution in [0.15, 0.2) is 36.0 Å². The van der Waals surface area contributed by atoms with Gasteiger partial charge in [-0.2, -0.15) is 5.26 Å². The second kappa shape index (κ2) is 9.47. The fourth-order valence-corrected chi connectivity index (χ4v) is 2.84. The van der Waals surface area contributed by atoms with Crippen molar-refractivity contribution in [1.82, 2.24) is 10.2 Å². The minimum atomic E-state index is -0.391. The van der Waals surface area contributed by atoms with Crippen molar-refractivity contribution in [2.24, 2.45) is 11.7 Å². The van der Waals surface area contributed by atoms with E-state index in [0.29, 0.717) is 38.9 Å². The highest BCUT2D eigenvalue weighted by Crippen LogP contribution is 2.17. The van der Waals surface area contributed by atoms with Crippen LogP contribution in [0.5, 0.6) is 5.75 Å². The van der Waals surface area contributed by atoms with Gasteiger partial charge in [0.25, 0.3) is 5.91 Å². The van der Waals surface area contributed by atoms with E-state index in [1.54, 1.807) is 13.3 Å². The van der Waals surface area contributed by atoms with E-state index in [9.17, 15) is 14.9 Å². The molecule has 1 aromatic carbocycles. The van der Waals surface area contributed by atoms with Gasteiger partial charge in [0, 0.05) is 31.8 Å². The molecule has 1 saturated heterocycles. The normalized spacial score (nSPS) is 15.2. The van der Waals surface area contributed by atoms with E-state index in [1.165, 1.54) is 0 Å². The van der Waals surface area contributed by atoms with Crippen molar-refractivity contribution in [3.8, 4) is 11.8 Å². The van der Waals surface area contributed by atoms with Crippen LogP contribution in [0.25, 0.3) is 0 Å². The third-order valence-corrected chi connectivity index (χ3v) is 4.47. The summed E-state index contributed by atoms with van der Waals surface area (Å²) in [5.74, 6) is -0.0143. The Hall–Kier alpha value is -3.01. The van der Waals surface area contributed by atoms with Gasteiger partial charge in [0.2, 0.25) is 5.91 Å². The lowest BCUT2D eigenvalue weighted by molar-refractivity contribution is -0.123. The van der Waals surface area contributed by atoms with Crippen molar-refractivity contribution in [3.63, 3.8) is 0 Å². The SMILES string of the molecule is COc1ccc(CCNC(=O)/C(C#N)=C\N2CCC(C(N)=O)CC2)cc1. The fourth-order valence-electron chi connectivity index (χ4n) is 2.84. The molecule has 0 spiro atoms. The van der Waals surface area contributed by atoms with E-state index in [2.05, 4.69) is 5.32 Å². The molecule has 7 nitrogen and oxygen atoms in total. The largest absolute Gasteiger partial charge is 0.497 e. The first kappa shape index (κ1) is 19.3. The van der Waals surface area contributed by atoms with Crippen LogP contribution in [0.1, 0.15) is 18.4 Å². The summed E-state index contributed by atoms with van der Waals surface area (Å²) >= 11 is 0. The highest BCUT2D eigenvalue weighted by atomic mass is 16.5. The minimum absolute atomic E-state index is 0.0669. The molecule has 2 rings (SSSR count). The van der Waals surface area contributed by atoms with Crippen molar-refractivity contribution in [2.45, 2.75) is 19.3 Å². The van der Waals surface area contributed by atoms with Crippen LogP contribution in [0.2, 0.25) is 0 Å².